The van der Waals surface area contributed by atoms with Crippen LogP contribution >= 0.6 is 0 Å². The zero-order chi connectivity index (χ0) is 15.2. The first-order valence-electron chi connectivity index (χ1n) is 6.37. The van der Waals surface area contributed by atoms with Crippen molar-refractivity contribution in [1.29, 1.82) is 0 Å². The Balaban J connectivity index is 2.14. The first-order valence-corrected chi connectivity index (χ1v) is 6.37. The Bertz CT molecular complexity index is 695. The zero-order valence-corrected chi connectivity index (χ0v) is 11.2. The van der Waals surface area contributed by atoms with Crippen molar-refractivity contribution in [1.82, 2.24) is 9.88 Å². The molecule has 0 spiro atoms. The second-order valence-corrected chi connectivity index (χ2v) is 5.20. The van der Waals surface area contributed by atoms with Gasteiger partial charge in [0.2, 0.25) is 0 Å². The van der Waals surface area contributed by atoms with Crippen molar-refractivity contribution in [3.63, 3.8) is 0 Å². The lowest BCUT2D eigenvalue weighted by molar-refractivity contribution is -0.139. The van der Waals surface area contributed by atoms with Crippen LogP contribution in [0.25, 0.3) is 11.1 Å². The van der Waals surface area contributed by atoms with Crippen LogP contribution in [0.15, 0.2) is 30.6 Å². The summed E-state index contributed by atoms with van der Waals surface area (Å²) in [5.41, 5.74) is 0.901. The molecule has 110 valence electrons. The van der Waals surface area contributed by atoms with E-state index < -0.39 is 17.6 Å². The van der Waals surface area contributed by atoms with E-state index in [0.717, 1.165) is 23.9 Å². The maximum absolute atomic E-state index is 13.6. The number of halogens is 4. The van der Waals surface area contributed by atoms with Crippen LogP contribution in [0.3, 0.4) is 0 Å². The third-order valence-corrected chi connectivity index (χ3v) is 3.58. The van der Waals surface area contributed by atoms with E-state index in [0.29, 0.717) is 18.3 Å². The molecule has 0 aliphatic carbocycles. The van der Waals surface area contributed by atoms with Crippen molar-refractivity contribution in [2.45, 2.75) is 19.3 Å². The number of aromatic nitrogens is 1. The molecule has 2 aromatic rings. The van der Waals surface area contributed by atoms with E-state index in [1.54, 1.807) is 18.2 Å². The average Bonchev–Trinajstić information content (AvgIpc) is 2.75. The van der Waals surface area contributed by atoms with Gasteiger partial charge in [-0.05, 0) is 29.8 Å². The van der Waals surface area contributed by atoms with Crippen LogP contribution in [0.5, 0.6) is 0 Å². The highest BCUT2D eigenvalue weighted by atomic mass is 19.4. The summed E-state index contributed by atoms with van der Waals surface area (Å²) in [5.74, 6) is -1.35. The molecule has 2 nitrogen and oxygen atoms in total. The number of benzene rings is 1. The first kappa shape index (κ1) is 14.0. The Morgan fingerprint density at radius 1 is 1.10 bits per heavy atom. The molecule has 0 saturated carbocycles. The average molecular weight is 296 g/mol. The predicted octanol–water partition coefficient (Wildman–Crippen LogP) is 3.85. The number of nitrogens with zero attached hydrogens (tertiary/aromatic N) is 2. The van der Waals surface area contributed by atoms with Crippen molar-refractivity contribution in [2.75, 3.05) is 7.05 Å². The molecule has 1 aliphatic rings. The molecular formula is C15H12F4N2. The summed E-state index contributed by atoms with van der Waals surface area (Å²) in [5, 5.41) is 0. The highest BCUT2D eigenvalue weighted by Crippen LogP contribution is 2.39. The topological polar surface area (TPSA) is 16.1 Å². The predicted molar refractivity (Wildman–Crippen MR) is 69.8 cm³/mol. The van der Waals surface area contributed by atoms with E-state index in [4.69, 9.17) is 0 Å². The molecule has 21 heavy (non-hydrogen) atoms. The molecule has 0 atom stereocenters. The second kappa shape index (κ2) is 4.80. The molecular weight excluding hydrogens is 284 g/mol. The van der Waals surface area contributed by atoms with E-state index in [1.165, 1.54) is 0 Å². The minimum Gasteiger partial charge on any atom is -0.298 e. The number of fused-ring (bicyclic) bond motifs is 1. The molecule has 6 heteroatoms. The van der Waals surface area contributed by atoms with Crippen molar-refractivity contribution in [3.8, 4) is 11.1 Å². The molecule has 1 aliphatic heterocycles. The second-order valence-electron chi connectivity index (χ2n) is 5.20. The standard InChI is InChI=1S/C15H12F4N2/c1-21-7-10-3-2-9(4-11(10)8-21)12-5-20-6-13(16)14(12)15(17,18)19/h2-6H,7-8H2,1H3. The third kappa shape index (κ3) is 2.51. The van der Waals surface area contributed by atoms with Gasteiger partial charge < -0.3 is 0 Å². The Labute approximate surface area is 119 Å². The molecule has 0 fully saturated rings. The largest absolute Gasteiger partial charge is 0.419 e. The van der Waals surface area contributed by atoms with Crippen LogP contribution in [0, 0.1) is 5.82 Å². The summed E-state index contributed by atoms with van der Waals surface area (Å²) in [6.45, 7) is 1.44. The van der Waals surface area contributed by atoms with Gasteiger partial charge in [-0.1, -0.05) is 12.1 Å². The molecule has 0 N–H and O–H groups in total. The van der Waals surface area contributed by atoms with Gasteiger partial charge in [0.25, 0.3) is 0 Å². The molecule has 3 rings (SSSR count). The van der Waals surface area contributed by atoms with Gasteiger partial charge in [-0.3, -0.25) is 9.88 Å². The molecule has 0 unspecified atom stereocenters. The molecule has 0 radical (unpaired) electrons. The summed E-state index contributed by atoms with van der Waals surface area (Å²) in [6, 6.07) is 5.06. The van der Waals surface area contributed by atoms with Gasteiger partial charge in [-0.15, -0.1) is 0 Å². The SMILES string of the molecule is CN1Cc2ccc(-c3cncc(F)c3C(F)(F)F)cc2C1. The Hall–Kier alpha value is -1.95. The van der Waals surface area contributed by atoms with Crippen LogP contribution in [0.4, 0.5) is 17.6 Å². The van der Waals surface area contributed by atoms with E-state index >= 15 is 0 Å². The highest BCUT2D eigenvalue weighted by Gasteiger charge is 2.37. The molecule has 0 saturated heterocycles. The van der Waals surface area contributed by atoms with Gasteiger partial charge in [-0.2, -0.15) is 13.2 Å². The summed E-state index contributed by atoms with van der Waals surface area (Å²) in [4.78, 5) is 5.62. The van der Waals surface area contributed by atoms with Gasteiger partial charge in [0.1, 0.15) is 5.56 Å². The van der Waals surface area contributed by atoms with Gasteiger partial charge in [0, 0.05) is 24.8 Å². The van der Waals surface area contributed by atoms with E-state index in [1.807, 2.05) is 7.05 Å². The number of pyridine rings is 1. The zero-order valence-electron chi connectivity index (χ0n) is 11.2. The van der Waals surface area contributed by atoms with E-state index in [9.17, 15) is 17.6 Å². The lowest BCUT2D eigenvalue weighted by atomic mass is 9.98. The maximum atomic E-state index is 13.6. The summed E-state index contributed by atoms with van der Waals surface area (Å²) >= 11 is 0. The van der Waals surface area contributed by atoms with Crippen molar-refractivity contribution >= 4 is 0 Å². The fourth-order valence-electron chi connectivity index (χ4n) is 2.67. The minimum atomic E-state index is -4.75. The number of hydrogen-bond donors (Lipinski definition) is 0. The molecule has 0 bridgehead atoms. The van der Waals surface area contributed by atoms with Gasteiger partial charge in [-0.25, -0.2) is 4.39 Å². The highest BCUT2D eigenvalue weighted by molar-refractivity contribution is 5.68. The number of rotatable bonds is 1. The number of alkyl halides is 3. The van der Waals surface area contributed by atoms with Gasteiger partial charge in [0.05, 0.1) is 6.20 Å². The van der Waals surface area contributed by atoms with Crippen LogP contribution < -0.4 is 0 Å². The normalized spacial score (nSPS) is 15.3. The van der Waals surface area contributed by atoms with E-state index in [2.05, 4.69) is 9.88 Å². The van der Waals surface area contributed by atoms with Crippen LogP contribution in [-0.4, -0.2) is 16.9 Å². The molecule has 1 aromatic carbocycles. The quantitative estimate of drug-likeness (QED) is 0.743. The van der Waals surface area contributed by atoms with Gasteiger partial charge >= 0.3 is 6.18 Å². The fraction of sp³-hybridized carbons (Fsp3) is 0.267. The van der Waals surface area contributed by atoms with Crippen LogP contribution in [-0.2, 0) is 19.3 Å². The van der Waals surface area contributed by atoms with Crippen LogP contribution in [0.1, 0.15) is 16.7 Å². The summed E-state index contributed by atoms with van der Waals surface area (Å²) in [6.07, 6.45) is -3.10. The van der Waals surface area contributed by atoms with Gasteiger partial charge in [0.15, 0.2) is 5.82 Å². The Kier molecular flexibility index (Phi) is 3.20. The number of hydrogen-bond acceptors (Lipinski definition) is 2. The summed E-state index contributed by atoms with van der Waals surface area (Å²) in [7, 11) is 1.94. The summed E-state index contributed by atoms with van der Waals surface area (Å²) < 4.78 is 52.7. The Morgan fingerprint density at radius 2 is 1.81 bits per heavy atom. The minimum absolute atomic E-state index is 0.222. The fourth-order valence-corrected chi connectivity index (χ4v) is 2.67. The lowest BCUT2D eigenvalue weighted by Crippen LogP contribution is -2.11. The third-order valence-electron chi connectivity index (χ3n) is 3.58. The van der Waals surface area contributed by atoms with Crippen molar-refractivity contribution in [2.24, 2.45) is 0 Å². The van der Waals surface area contributed by atoms with Crippen LogP contribution in [0.2, 0.25) is 0 Å². The van der Waals surface area contributed by atoms with Crippen molar-refractivity contribution < 1.29 is 17.6 Å². The monoisotopic (exact) mass is 296 g/mol. The maximum Gasteiger partial charge on any atom is 0.419 e. The molecule has 2 heterocycles. The van der Waals surface area contributed by atoms with E-state index in [-0.39, 0.29) is 5.56 Å². The Morgan fingerprint density at radius 3 is 2.52 bits per heavy atom. The molecule has 1 aromatic heterocycles. The van der Waals surface area contributed by atoms with Crippen molar-refractivity contribution in [3.05, 3.63) is 53.1 Å². The smallest absolute Gasteiger partial charge is 0.298 e. The first-order chi connectivity index (χ1) is 9.86. The molecule has 0 amide bonds. The lowest BCUT2D eigenvalue weighted by Gasteiger charge is -2.14.